The van der Waals surface area contributed by atoms with E-state index in [1.54, 1.807) is 25.1 Å². The average Bonchev–Trinajstić information content (AvgIpc) is 2.98. The van der Waals surface area contributed by atoms with Crippen LogP contribution in [0.15, 0.2) is 23.1 Å². The van der Waals surface area contributed by atoms with Gasteiger partial charge in [0, 0.05) is 9.92 Å². The monoisotopic (exact) mass is 375 g/mol. The fourth-order valence-electron chi connectivity index (χ4n) is 2.66. The number of halogens is 2. The second-order valence-corrected chi connectivity index (χ2v) is 7.28. The molecule has 7 heteroatoms. The molecule has 0 saturated heterocycles. The van der Waals surface area contributed by atoms with Gasteiger partial charge in [-0.1, -0.05) is 36.0 Å². The van der Waals surface area contributed by atoms with Crippen LogP contribution in [0, 0.1) is 0 Å². The van der Waals surface area contributed by atoms with Gasteiger partial charge < -0.3 is 10.1 Å². The van der Waals surface area contributed by atoms with Crippen molar-refractivity contribution >= 4 is 46.8 Å². The maximum atomic E-state index is 12.3. The van der Waals surface area contributed by atoms with Crippen LogP contribution in [0.5, 0.6) is 0 Å². The predicted molar refractivity (Wildman–Crippen MR) is 93.2 cm³/mol. The minimum Gasteiger partial charge on any atom is -0.464 e. The SMILES string of the molecule is CCOC(=O)C1(NC(=O)CSc2cc(Cl)ccc2Cl)CCCC1. The molecule has 1 fully saturated rings. The molecule has 4 nitrogen and oxygen atoms in total. The van der Waals surface area contributed by atoms with E-state index in [0.717, 1.165) is 17.7 Å². The first kappa shape index (κ1) is 18.4. The Labute approximate surface area is 150 Å². The summed E-state index contributed by atoms with van der Waals surface area (Å²) in [7, 11) is 0. The van der Waals surface area contributed by atoms with Crippen LogP contribution >= 0.6 is 35.0 Å². The molecule has 0 aromatic heterocycles. The lowest BCUT2D eigenvalue weighted by molar-refractivity contribution is -0.152. The molecule has 0 unspecified atom stereocenters. The van der Waals surface area contributed by atoms with Gasteiger partial charge in [0.05, 0.1) is 17.4 Å². The quantitative estimate of drug-likeness (QED) is 0.601. The van der Waals surface area contributed by atoms with Crippen LogP contribution in [0.3, 0.4) is 0 Å². The molecule has 0 heterocycles. The van der Waals surface area contributed by atoms with Crippen molar-refractivity contribution in [1.29, 1.82) is 0 Å². The number of amides is 1. The van der Waals surface area contributed by atoms with Gasteiger partial charge in [0.25, 0.3) is 0 Å². The molecule has 0 bridgehead atoms. The van der Waals surface area contributed by atoms with Gasteiger partial charge in [-0.15, -0.1) is 11.8 Å². The summed E-state index contributed by atoms with van der Waals surface area (Å²) in [5, 5.41) is 3.99. The average molecular weight is 376 g/mol. The van der Waals surface area contributed by atoms with Gasteiger partial charge in [0.2, 0.25) is 5.91 Å². The zero-order valence-corrected chi connectivity index (χ0v) is 15.2. The van der Waals surface area contributed by atoms with Crippen LogP contribution < -0.4 is 5.32 Å². The molecule has 0 spiro atoms. The summed E-state index contributed by atoms with van der Waals surface area (Å²) >= 11 is 13.3. The van der Waals surface area contributed by atoms with E-state index < -0.39 is 5.54 Å². The van der Waals surface area contributed by atoms with E-state index in [-0.39, 0.29) is 17.6 Å². The number of hydrogen-bond donors (Lipinski definition) is 1. The van der Waals surface area contributed by atoms with E-state index in [1.165, 1.54) is 11.8 Å². The van der Waals surface area contributed by atoms with Crippen molar-refractivity contribution in [2.75, 3.05) is 12.4 Å². The zero-order valence-electron chi connectivity index (χ0n) is 12.9. The number of ether oxygens (including phenoxy) is 1. The number of benzene rings is 1. The Morgan fingerprint density at radius 1 is 1.30 bits per heavy atom. The first-order chi connectivity index (χ1) is 11.0. The van der Waals surface area contributed by atoms with E-state index >= 15 is 0 Å². The second-order valence-electron chi connectivity index (χ2n) is 5.42. The number of hydrogen-bond acceptors (Lipinski definition) is 4. The van der Waals surface area contributed by atoms with Crippen LogP contribution in [0.4, 0.5) is 0 Å². The zero-order chi connectivity index (χ0) is 16.9. The highest BCUT2D eigenvalue weighted by molar-refractivity contribution is 8.00. The van der Waals surface area contributed by atoms with Crippen LogP contribution in [-0.4, -0.2) is 29.8 Å². The Kier molecular flexibility index (Phi) is 6.62. The van der Waals surface area contributed by atoms with Gasteiger partial charge >= 0.3 is 5.97 Å². The Morgan fingerprint density at radius 3 is 2.65 bits per heavy atom. The highest BCUT2D eigenvalue weighted by Gasteiger charge is 2.43. The summed E-state index contributed by atoms with van der Waals surface area (Å²) in [6.45, 7) is 2.07. The lowest BCUT2D eigenvalue weighted by Gasteiger charge is -2.27. The molecule has 23 heavy (non-hydrogen) atoms. The molecule has 1 amide bonds. The standard InChI is InChI=1S/C16H19Cl2NO3S/c1-2-22-15(21)16(7-3-4-8-16)19-14(20)10-23-13-9-11(17)5-6-12(13)18/h5-6,9H,2-4,7-8,10H2,1H3,(H,19,20). The number of carbonyl (C=O) groups excluding carboxylic acids is 2. The van der Waals surface area contributed by atoms with E-state index in [9.17, 15) is 9.59 Å². The van der Waals surface area contributed by atoms with Gasteiger partial charge in [0.1, 0.15) is 5.54 Å². The van der Waals surface area contributed by atoms with Crippen LogP contribution in [0.2, 0.25) is 10.0 Å². The lowest BCUT2D eigenvalue weighted by atomic mass is 9.98. The second kappa shape index (κ2) is 8.27. The molecule has 0 radical (unpaired) electrons. The van der Waals surface area contributed by atoms with Crippen molar-refractivity contribution in [3.05, 3.63) is 28.2 Å². The Morgan fingerprint density at radius 2 is 2.00 bits per heavy atom. The molecular weight excluding hydrogens is 357 g/mol. The van der Waals surface area contributed by atoms with Crippen LogP contribution in [-0.2, 0) is 14.3 Å². The van der Waals surface area contributed by atoms with E-state index in [0.29, 0.717) is 29.5 Å². The molecule has 126 valence electrons. The topological polar surface area (TPSA) is 55.4 Å². The summed E-state index contributed by atoms with van der Waals surface area (Å²) in [6.07, 6.45) is 3.07. The summed E-state index contributed by atoms with van der Waals surface area (Å²) in [5.74, 6) is -0.376. The maximum absolute atomic E-state index is 12.3. The smallest absolute Gasteiger partial charge is 0.331 e. The summed E-state index contributed by atoms with van der Waals surface area (Å²) in [4.78, 5) is 25.2. The highest BCUT2D eigenvalue weighted by Crippen LogP contribution is 2.32. The van der Waals surface area contributed by atoms with Gasteiger partial charge in [-0.05, 0) is 38.0 Å². The number of esters is 1. The fraction of sp³-hybridized carbons (Fsp3) is 0.500. The van der Waals surface area contributed by atoms with Gasteiger partial charge in [-0.2, -0.15) is 0 Å². The largest absolute Gasteiger partial charge is 0.464 e. The van der Waals surface area contributed by atoms with Gasteiger partial charge in [-0.25, -0.2) is 4.79 Å². The van der Waals surface area contributed by atoms with Crippen molar-refractivity contribution < 1.29 is 14.3 Å². The minimum atomic E-state index is -0.869. The summed E-state index contributed by atoms with van der Waals surface area (Å²) < 4.78 is 5.13. The first-order valence-electron chi connectivity index (χ1n) is 7.53. The molecule has 1 saturated carbocycles. The van der Waals surface area contributed by atoms with Crippen molar-refractivity contribution in [3.8, 4) is 0 Å². The molecule has 0 atom stereocenters. The predicted octanol–water partition coefficient (Wildman–Crippen LogP) is 4.08. The minimum absolute atomic E-state index is 0.168. The normalized spacial score (nSPS) is 16.1. The molecule has 2 rings (SSSR count). The number of carbonyl (C=O) groups is 2. The molecule has 1 aromatic carbocycles. The van der Waals surface area contributed by atoms with Crippen LogP contribution in [0.25, 0.3) is 0 Å². The third kappa shape index (κ3) is 4.78. The van der Waals surface area contributed by atoms with Crippen molar-refractivity contribution in [2.24, 2.45) is 0 Å². The Balaban J connectivity index is 1.97. The molecule has 1 aliphatic carbocycles. The van der Waals surface area contributed by atoms with E-state index in [1.807, 2.05) is 0 Å². The van der Waals surface area contributed by atoms with Crippen LogP contribution in [0.1, 0.15) is 32.6 Å². The lowest BCUT2D eigenvalue weighted by Crippen LogP contribution is -2.53. The van der Waals surface area contributed by atoms with Gasteiger partial charge in [-0.3, -0.25) is 4.79 Å². The first-order valence-corrected chi connectivity index (χ1v) is 9.27. The number of nitrogens with one attached hydrogen (secondary N) is 1. The molecule has 0 aliphatic heterocycles. The van der Waals surface area contributed by atoms with E-state index in [2.05, 4.69) is 5.32 Å². The Hall–Kier alpha value is -0.910. The number of thioether (sulfide) groups is 1. The third-order valence-electron chi connectivity index (χ3n) is 3.75. The Bertz CT molecular complexity index is 589. The van der Waals surface area contributed by atoms with Crippen molar-refractivity contribution in [2.45, 2.75) is 43.0 Å². The molecule has 1 N–H and O–H groups in total. The number of rotatable bonds is 6. The van der Waals surface area contributed by atoms with Crippen molar-refractivity contribution in [1.82, 2.24) is 5.32 Å². The highest BCUT2D eigenvalue weighted by atomic mass is 35.5. The fourth-order valence-corrected chi connectivity index (χ4v) is 3.96. The third-order valence-corrected chi connectivity index (χ3v) is 5.49. The molecule has 1 aromatic rings. The maximum Gasteiger partial charge on any atom is 0.331 e. The molecule has 1 aliphatic rings. The summed E-state index contributed by atoms with van der Waals surface area (Å²) in [6, 6.07) is 5.11. The van der Waals surface area contributed by atoms with E-state index in [4.69, 9.17) is 27.9 Å². The summed E-state index contributed by atoms with van der Waals surface area (Å²) in [5.41, 5.74) is -0.869. The van der Waals surface area contributed by atoms with Crippen molar-refractivity contribution in [3.63, 3.8) is 0 Å². The molecular formula is C16H19Cl2NO3S. The van der Waals surface area contributed by atoms with Gasteiger partial charge in [0.15, 0.2) is 0 Å².